The minimum Gasteiger partial charge on any atom is -0.447 e. The molecule has 2 atom stereocenters. The van der Waals surface area contributed by atoms with E-state index in [0.717, 1.165) is 25.9 Å². The number of piperidine rings is 1. The van der Waals surface area contributed by atoms with E-state index in [0.29, 0.717) is 18.3 Å². The molecule has 0 spiro atoms. The van der Waals surface area contributed by atoms with Gasteiger partial charge in [-0.15, -0.1) is 0 Å². The lowest BCUT2D eigenvalue weighted by Gasteiger charge is -2.34. The van der Waals surface area contributed by atoms with Crippen LogP contribution in [0.2, 0.25) is 0 Å². The van der Waals surface area contributed by atoms with Gasteiger partial charge in [-0.05, 0) is 52.0 Å². The van der Waals surface area contributed by atoms with Crippen LogP contribution in [0.4, 0.5) is 0 Å². The van der Waals surface area contributed by atoms with Crippen molar-refractivity contribution >= 4 is 10.0 Å². The van der Waals surface area contributed by atoms with Crippen molar-refractivity contribution in [1.82, 2.24) is 14.9 Å². The molecule has 2 unspecified atom stereocenters. The van der Waals surface area contributed by atoms with Crippen molar-refractivity contribution in [3.63, 3.8) is 0 Å². The molecule has 2 N–H and O–H groups in total. The third kappa shape index (κ3) is 4.29. The van der Waals surface area contributed by atoms with Gasteiger partial charge in [-0.1, -0.05) is 6.92 Å². The highest BCUT2D eigenvalue weighted by molar-refractivity contribution is 7.89. The van der Waals surface area contributed by atoms with Crippen molar-refractivity contribution in [1.29, 1.82) is 0 Å². The number of furan rings is 1. The van der Waals surface area contributed by atoms with Crippen LogP contribution < -0.4 is 10.0 Å². The number of hydrogen-bond acceptors (Lipinski definition) is 5. The van der Waals surface area contributed by atoms with Gasteiger partial charge in [0.25, 0.3) is 10.0 Å². The molecule has 1 saturated heterocycles. The summed E-state index contributed by atoms with van der Waals surface area (Å²) in [4.78, 5) is 2.24. The Bertz CT molecular complexity index is 556. The van der Waals surface area contributed by atoms with Gasteiger partial charge in [0, 0.05) is 12.1 Å². The van der Waals surface area contributed by atoms with Gasteiger partial charge in [-0.3, -0.25) is 0 Å². The van der Waals surface area contributed by atoms with E-state index in [2.05, 4.69) is 28.9 Å². The Morgan fingerprint density at radius 3 is 2.86 bits per heavy atom. The summed E-state index contributed by atoms with van der Waals surface area (Å²) in [5.41, 5.74) is 0. The Morgan fingerprint density at radius 1 is 1.43 bits per heavy atom. The van der Waals surface area contributed by atoms with E-state index >= 15 is 0 Å². The molecule has 1 fully saturated rings. The number of sulfonamides is 1. The third-order valence-corrected chi connectivity index (χ3v) is 5.37. The summed E-state index contributed by atoms with van der Waals surface area (Å²) in [5, 5.41) is 3.11. The van der Waals surface area contributed by atoms with Crippen LogP contribution in [0.1, 0.15) is 32.4 Å². The van der Waals surface area contributed by atoms with Crippen LogP contribution in [0.5, 0.6) is 0 Å². The fraction of sp³-hybridized carbons (Fsp3) is 0.714. The summed E-state index contributed by atoms with van der Waals surface area (Å²) < 4.78 is 32.9. The molecule has 0 amide bonds. The van der Waals surface area contributed by atoms with Crippen LogP contribution in [-0.2, 0) is 16.6 Å². The predicted octanol–water partition coefficient (Wildman–Crippen LogP) is 1.15. The number of likely N-dealkylation sites (tertiary alicyclic amines) is 1. The van der Waals surface area contributed by atoms with Crippen LogP contribution in [-0.4, -0.2) is 45.5 Å². The second kappa shape index (κ2) is 6.91. The van der Waals surface area contributed by atoms with Gasteiger partial charge in [0.15, 0.2) is 0 Å². The number of rotatable bonds is 6. The Hall–Kier alpha value is -0.890. The zero-order valence-corrected chi connectivity index (χ0v) is 13.7. The van der Waals surface area contributed by atoms with E-state index in [1.54, 1.807) is 6.07 Å². The van der Waals surface area contributed by atoms with Crippen LogP contribution in [0.25, 0.3) is 0 Å². The van der Waals surface area contributed by atoms with Gasteiger partial charge in [-0.25, -0.2) is 13.1 Å². The SMILES string of the molecule is CCNCc1ccc(S(=O)(=O)NC2CCN(C)C(C)C2)o1. The van der Waals surface area contributed by atoms with Gasteiger partial charge in [0.2, 0.25) is 5.09 Å². The summed E-state index contributed by atoms with van der Waals surface area (Å²) in [7, 11) is -1.50. The van der Waals surface area contributed by atoms with E-state index in [9.17, 15) is 8.42 Å². The highest BCUT2D eigenvalue weighted by Gasteiger charge is 2.28. The molecule has 1 aliphatic rings. The number of nitrogens with zero attached hydrogens (tertiary/aromatic N) is 1. The molecule has 1 aromatic heterocycles. The zero-order chi connectivity index (χ0) is 15.5. The molecule has 120 valence electrons. The first-order chi connectivity index (χ1) is 9.92. The highest BCUT2D eigenvalue weighted by atomic mass is 32.2. The largest absolute Gasteiger partial charge is 0.447 e. The minimum atomic E-state index is -3.57. The first-order valence-corrected chi connectivity index (χ1v) is 8.92. The molecule has 2 rings (SSSR count). The molecule has 21 heavy (non-hydrogen) atoms. The summed E-state index contributed by atoms with van der Waals surface area (Å²) in [6, 6.07) is 3.58. The van der Waals surface area contributed by atoms with Gasteiger partial charge in [0.1, 0.15) is 5.76 Å². The number of nitrogens with one attached hydrogen (secondary N) is 2. The monoisotopic (exact) mass is 315 g/mol. The lowest BCUT2D eigenvalue weighted by Crippen LogP contribution is -2.47. The topological polar surface area (TPSA) is 74.6 Å². The fourth-order valence-electron chi connectivity index (χ4n) is 2.52. The second-order valence-corrected chi connectivity index (χ2v) is 7.32. The van der Waals surface area contributed by atoms with Crippen molar-refractivity contribution in [3.05, 3.63) is 17.9 Å². The lowest BCUT2D eigenvalue weighted by atomic mass is 10.0. The fourth-order valence-corrected chi connectivity index (χ4v) is 3.75. The van der Waals surface area contributed by atoms with Gasteiger partial charge in [-0.2, -0.15) is 0 Å². The molecule has 7 heteroatoms. The average molecular weight is 315 g/mol. The Labute approximate surface area is 126 Å². The van der Waals surface area contributed by atoms with Crippen LogP contribution in [0.15, 0.2) is 21.6 Å². The lowest BCUT2D eigenvalue weighted by molar-refractivity contribution is 0.178. The van der Waals surface area contributed by atoms with E-state index in [1.807, 2.05) is 6.92 Å². The summed E-state index contributed by atoms with van der Waals surface area (Å²) in [5.74, 6) is 0.633. The predicted molar refractivity (Wildman–Crippen MR) is 81.5 cm³/mol. The van der Waals surface area contributed by atoms with Crippen LogP contribution in [0.3, 0.4) is 0 Å². The Morgan fingerprint density at radius 2 is 2.19 bits per heavy atom. The summed E-state index contributed by atoms with van der Waals surface area (Å²) in [6.07, 6.45) is 1.64. The molecule has 0 saturated carbocycles. The quantitative estimate of drug-likeness (QED) is 0.824. The maximum Gasteiger partial charge on any atom is 0.274 e. The van der Waals surface area contributed by atoms with Crippen molar-refractivity contribution < 1.29 is 12.8 Å². The first-order valence-electron chi connectivity index (χ1n) is 7.44. The summed E-state index contributed by atoms with van der Waals surface area (Å²) in [6.45, 7) is 6.36. The molecule has 1 aliphatic heterocycles. The third-order valence-electron chi connectivity index (χ3n) is 3.98. The smallest absolute Gasteiger partial charge is 0.274 e. The minimum absolute atomic E-state index is 0.00184. The van der Waals surface area contributed by atoms with Gasteiger partial charge < -0.3 is 14.6 Å². The maximum absolute atomic E-state index is 12.3. The van der Waals surface area contributed by atoms with Crippen molar-refractivity contribution in [2.24, 2.45) is 0 Å². The van der Waals surface area contributed by atoms with Gasteiger partial charge >= 0.3 is 0 Å². The zero-order valence-electron chi connectivity index (χ0n) is 12.9. The van der Waals surface area contributed by atoms with Crippen LogP contribution in [0, 0.1) is 0 Å². The average Bonchev–Trinajstić information content (AvgIpc) is 2.90. The standard InChI is InChI=1S/C14H25N3O3S/c1-4-15-10-13-5-6-14(20-13)21(18,19)16-12-7-8-17(3)11(2)9-12/h5-6,11-12,15-16H,4,7-10H2,1-3H3. The first kappa shape index (κ1) is 16.5. The van der Waals surface area contributed by atoms with E-state index in [4.69, 9.17) is 4.42 Å². The Kier molecular flexibility index (Phi) is 5.43. The Balaban J connectivity index is 1.99. The molecule has 0 aliphatic carbocycles. The molecule has 6 nitrogen and oxygen atoms in total. The molecule has 0 bridgehead atoms. The van der Waals surface area contributed by atoms with Gasteiger partial charge in [0.05, 0.1) is 6.54 Å². The van der Waals surface area contributed by atoms with E-state index in [1.165, 1.54) is 6.07 Å². The number of hydrogen-bond donors (Lipinski definition) is 2. The van der Waals surface area contributed by atoms with E-state index < -0.39 is 10.0 Å². The molecule has 1 aromatic rings. The summed E-state index contributed by atoms with van der Waals surface area (Å²) >= 11 is 0. The van der Waals surface area contributed by atoms with Crippen molar-refractivity contribution in [2.45, 2.75) is 50.4 Å². The highest BCUT2D eigenvalue weighted by Crippen LogP contribution is 2.19. The molecular formula is C14H25N3O3S. The van der Waals surface area contributed by atoms with Crippen LogP contribution >= 0.6 is 0 Å². The van der Waals surface area contributed by atoms with E-state index in [-0.39, 0.29) is 11.1 Å². The normalized spacial score (nSPS) is 24.3. The molecule has 0 radical (unpaired) electrons. The maximum atomic E-state index is 12.3. The molecular weight excluding hydrogens is 290 g/mol. The molecule has 0 aromatic carbocycles. The van der Waals surface area contributed by atoms with Crippen molar-refractivity contribution in [3.8, 4) is 0 Å². The van der Waals surface area contributed by atoms with Crippen molar-refractivity contribution in [2.75, 3.05) is 20.1 Å². The second-order valence-electron chi connectivity index (χ2n) is 5.67. The molecule has 2 heterocycles.